The van der Waals surface area contributed by atoms with Crippen LogP contribution in [0, 0.1) is 28.6 Å². The van der Waals surface area contributed by atoms with E-state index in [1.165, 1.54) is 24.3 Å². The van der Waals surface area contributed by atoms with Gasteiger partial charge in [-0.25, -0.2) is 18.4 Å². The van der Waals surface area contributed by atoms with Crippen molar-refractivity contribution in [3.8, 4) is 0 Å². The van der Waals surface area contributed by atoms with Gasteiger partial charge < -0.3 is 55.6 Å². The van der Waals surface area contributed by atoms with Gasteiger partial charge in [0, 0.05) is 66.5 Å². The number of carbonyl (C=O) groups is 10. The number of halogens is 2. The summed E-state index contributed by atoms with van der Waals surface area (Å²) in [7, 11) is 0. The molecule has 0 radical (unpaired) electrons. The van der Waals surface area contributed by atoms with Crippen molar-refractivity contribution in [1.82, 2.24) is 21.0 Å². The molecule has 5 aliphatic carbocycles. The second-order valence-electron chi connectivity index (χ2n) is 22.5. The Morgan fingerprint density at radius 1 is 0.887 bits per heavy atom. The summed E-state index contributed by atoms with van der Waals surface area (Å²) in [4.78, 5) is 129. The number of alkyl halides is 2. The molecule has 0 spiro atoms. The van der Waals surface area contributed by atoms with E-state index in [2.05, 4.69) is 28.2 Å². The zero-order valence-corrected chi connectivity index (χ0v) is 44.0. The number of rotatable bonds is 20. The zero-order valence-electron chi connectivity index (χ0n) is 44.0. The smallest absolute Gasteiger partial charge is 0.407 e. The van der Waals surface area contributed by atoms with Crippen molar-refractivity contribution >= 4 is 64.8 Å². The number of anilines is 1. The normalized spacial score (nSPS) is 29.8. The van der Waals surface area contributed by atoms with Gasteiger partial charge in [-0.1, -0.05) is 61.9 Å². The number of alkyl carbamates (subject to hydrolysis) is 1. The van der Waals surface area contributed by atoms with Gasteiger partial charge >= 0.3 is 18.0 Å². The summed E-state index contributed by atoms with van der Waals surface area (Å²) in [6, 6.07) is 11.3. The van der Waals surface area contributed by atoms with Gasteiger partial charge in [0.2, 0.25) is 17.7 Å². The highest BCUT2D eigenvalue weighted by molar-refractivity contribution is 6.02. The zero-order chi connectivity index (χ0) is 57.5. The SMILES string of the molecule is C[C@]12C=CC(=O)C=C1CC[C@@H]1[C@@H]2[C@@H](O)C[C@@]2(C)[C@H]1C[C@H]1OC(c3ccc(CC4(NC(=O)OCc5ccc(NC(=O)[C@H](CCC(=O)O)NC(=O)CNC(=O)CCC(=O)ON6C(=O)CCC6=O)cc5)CC(F)(F)C4)cc3)O[C@]12C(=O)CO. The first-order valence-electron chi connectivity index (χ1n) is 26.6. The number of fused-ring (bicyclic) bond motifs is 7. The Morgan fingerprint density at radius 2 is 1.57 bits per heavy atom. The summed E-state index contributed by atoms with van der Waals surface area (Å²) >= 11 is 0. The maximum atomic E-state index is 14.6. The Bertz CT molecular complexity index is 2910. The fourth-order valence-corrected chi connectivity index (χ4v) is 13.6. The van der Waals surface area contributed by atoms with Crippen LogP contribution in [0.5, 0.6) is 0 Å². The van der Waals surface area contributed by atoms with E-state index in [0.717, 1.165) is 5.57 Å². The maximum Gasteiger partial charge on any atom is 0.407 e. The van der Waals surface area contributed by atoms with Crippen molar-refractivity contribution in [3.05, 3.63) is 89.0 Å². The number of ketones is 2. The van der Waals surface area contributed by atoms with Gasteiger partial charge in [-0.2, -0.15) is 0 Å². The summed E-state index contributed by atoms with van der Waals surface area (Å²) in [5.41, 5.74) is -1.64. The molecule has 7 aliphatic rings. The number of aliphatic hydroxyl groups excluding tert-OH is 2. The lowest BCUT2D eigenvalue weighted by molar-refractivity contribution is -0.201. The van der Waals surface area contributed by atoms with E-state index in [1.54, 1.807) is 36.4 Å². The minimum atomic E-state index is -3.06. The van der Waals surface area contributed by atoms with Crippen LogP contribution < -0.4 is 21.3 Å². The molecular formula is C56H63F2N5O17. The van der Waals surface area contributed by atoms with Crippen LogP contribution in [-0.2, 0) is 75.2 Å². The maximum absolute atomic E-state index is 14.6. The van der Waals surface area contributed by atoms with Crippen molar-refractivity contribution in [2.24, 2.45) is 28.6 Å². The number of ether oxygens (including phenoxy) is 3. The predicted octanol–water partition coefficient (Wildman–Crippen LogP) is 3.72. The second-order valence-corrected chi connectivity index (χ2v) is 22.5. The molecule has 2 aromatic carbocycles. The first-order chi connectivity index (χ1) is 37.9. The Kier molecular flexibility index (Phi) is 16.0. The number of nitrogens with zero attached hydrogens (tertiary/aromatic N) is 1. The fraction of sp³-hybridized carbons (Fsp3) is 0.536. The van der Waals surface area contributed by atoms with E-state index in [-0.39, 0.29) is 67.9 Å². The summed E-state index contributed by atoms with van der Waals surface area (Å²) in [5.74, 6) is -10.1. The summed E-state index contributed by atoms with van der Waals surface area (Å²) < 4.78 is 47.9. The molecule has 0 aromatic heterocycles. The van der Waals surface area contributed by atoms with E-state index in [9.17, 15) is 72.0 Å². The number of hydrogen-bond donors (Lipinski definition) is 7. The van der Waals surface area contributed by atoms with Gasteiger partial charge in [-0.15, -0.1) is 5.06 Å². The van der Waals surface area contributed by atoms with Gasteiger partial charge in [0.05, 0.1) is 30.7 Å². The number of imide groups is 1. The number of carboxylic acids is 1. The minimum Gasteiger partial charge on any atom is -0.481 e. The van der Waals surface area contributed by atoms with Crippen LogP contribution in [0.4, 0.5) is 19.3 Å². The molecule has 2 aromatic rings. The molecule has 10 atom stereocenters. The molecule has 22 nitrogen and oxygen atoms in total. The number of hydroxylamine groups is 2. The number of nitrogens with one attached hydrogen (secondary N) is 4. The molecule has 9 rings (SSSR count). The van der Waals surface area contributed by atoms with Crippen LogP contribution in [0.25, 0.3) is 0 Å². The molecule has 2 saturated heterocycles. The highest BCUT2D eigenvalue weighted by Gasteiger charge is 2.76. The molecule has 2 heterocycles. The molecule has 2 aliphatic heterocycles. The fourth-order valence-electron chi connectivity index (χ4n) is 13.6. The highest BCUT2D eigenvalue weighted by Crippen LogP contribution is 2.70. The average molecular weight is 1120 g/mol. The molecule has 1 unspecified atom stereocenters. The van der Waals surface area contributed by atoms with Crippen LogP contribution in [0.1, 0.15) is 114 Å². The quantitative estimate of drug-likeness (QED) is 0.0929. The van der Waals surface area contributed by atoms with Crippen molar-refractivity contribution in [2.45, 2.75) is 146 Å². The number of benzene rings is 2. The first-order valence-corrected chi connectivity index (χ1v) is 26.6. The molecular weight excluding hydrogens is 1050 g/mol. The minimum absolute atomic E-state index is 0.00292. The van der Waals surface area contributed by atoms with Crippen molar-refractivity contribution in [1.29, 1.82) is 0 Å². The molecule has 6 amide bonds. The van der Waals surface area contributed by atoms with Crippen LogP contribution in [-0.4, -0.2) is 128 Å². The Hall–Kier alpha value is -7.28. The van der Waals surface area contributed by atoms with E-state index in [1.807, 2.05) is 13.0 Å². The van der Waals surface area contributed by atoms with E-state index in [0.29, 0.717) is 41.0 Å². The molecule has 24 heteroatoms. The topological polar surface area (TPSA) is 320 Å². The third kappa shape index (κ3) is 11.4. The van der Waals surface area contributed by atoms with E-state index >= 15 is 0 Å². The van der Waals surface area contributed by atoms with Gasteiger partial charge in [0.1, 0.15) is 19.3 Å². The number of amides is 6. The lowest BCUT2D eigenvalue weighted by Crippen LogP contribution is -2.63. The predicted molar refractivity (Wildman–Crippen MR) is 271 cm³/mol. The molecule has 7 N–H and O–H groups in total. The lowest BCUT2D eigenvalue weighted by Gasteiger charge is -2.59. The van der Waals surface area contributed by atoms with Crippen molar-refractivity contribution in [3.63, 3.8) is 0 Å². The first kappa shape index (κ1) is 57.4. The molecule has 428 valence electrons. The van der Waals surface area contributed by atoms with Crippen LogP contribution in [0.2, 0.25) is 0 Å². The number of aliphatic hydroxyl groups is 2. The number of allylic oxidation sites excluding steroid dienone is 4. The van der Waals surface area contributed by atoms with Gasteiger partial charge in [0.25, 0.3) is 17.7 Å². The number of hydrogen-bond acceptors (Lipinski definition) is 16. The van der Waals surface area contributed by atoms with Crippen molar-refractivity contribution in [2.75, 3.05) is 18.5 Å². The second kappa shape index (κ2) is 22.3. The largest absolute Gasteiger partial charge is 0.481 e. The lowest BCUT2D eigenvalue weighted by atomic mass is 9.46. The standard InChI is InChI=1S/C56H63F2N5O17/c1-52-20-19-35(65)21-33(52)9-12-36-37-22-41-56(40(67)26-64,53(37,2)24-39(66)48(36)52)79-50(78-41)32-7-3-30(4-8-32)23-54(28-55(57,58)29-54)62-51(76)77-27-31-5-10-34(11-6-31)60-49(75)38(13-17-46(72)73)61-43(69)25-59-42(68)14-18-47(74)80-63-44(70)15-16-45(63)71/h3-8,10-11,19-21,36-39,41,48,50,64,66H,9,12-18,22-29H2,1-2H3,(H,59,68)(H,60,75)(H,61,69)(H,62,76)(H,72,73)/t36-,37-,38-,39-,41+,48+,50?,52-,53-,56+/m0/s1. The van der Waals surface area contributed by atoms with Gasteiger partial charge in [-0.05, 0) is 85.8 Å². The Balaban J connectivity index is 0.760. The molecule has 80 heavy (non-hydrogen) atoms. The number of Topliss-reactive ketones (excluding diaryl/α,β-unsaturated/α-hetero) is 1. The molecule has 0 bridgehead atoms. The Labute approximate surface area is 457 Å². The summed E-state index contributed by atoms with van der Waals surface area (Å²) in [5, 5.41) is 41.7. The summed E-state index contributed by atoms with van der Waals surface area (Å²) in [6.45, 7) is 2.24. The number of carboxylic acid groups (broad SMARTS) is 1. The van der Waals surface area contributed by atoms with E-state index < -0.39 is 151 Å². The van der Waals surface area contributed by atoms with Crippen molar-refractivity contribution < 1.29 is 91.1 Å². The molecule has 6 fully saturated rings. The monoisotopic (exact) mass is 1120 g/mol. The number of aliphatic carboxylic acids is 1. The van der Waals surface area contributed by atoms with Crippen LogP contribution in [0.3, 0.4) is 0 Å². The number of carbonyl (C=O) groups excluding carboxylic acids is 9. The third-order valence-corrected chi connectivity index (χ3v) is 17.2. The van der Waals surface area contributed by atoms with Gasteiger partial charge in [0.15, 0.2) is 23.5 Å². The average Bonchev–Trinajstić information content (AvgIpc) is 3.92. The highest BCUT2D eigenvalue weighted by atomic mass is 19.3. The Morgan fingerprint density at radius 3 is 2.24 bits per heavy atom. The van der Waals surface area contributed by atoms with Gasteiger partial charge in [-0.3, -0.25) is 38.4 Å². The molecule has 4 saturated carbocycles. The van der Waals surface area contributed by atoms with Crippen LogP contribution in [0.15, 0.2) is 72.3 Å². The van der Waals surface area contributed by atoms with Crippen LogP contribution >= 0.6 is 0 Å². The van der Waals surface area contributed by atoms with E-state index in [4.69, 9.17) is 19.0 Å². The third-order valence-electron chi connectivity index (χ3n) is 17.2. The summed E-state index contributed by atoms with van der Waals surface area (Å²) in [6.07, 6.45) is 0.188.